The number of nitrogens with one attached hydrogen (secondary N) is 1. The smallest absolute Gasteiger partial charge is 0.251 e. The molecule has 0 spiro atoms. The van der Waals surface area contributed by atoms with Gasteiger partial charge in [-0.3, -0.25) is 14.6 Å². The molecule has 0 aliphatic carbocycles. The summed E-state index contributed by atoms with van der Waals surface area (Å²) in [5.41, 5.74) is 2.22. The van der Waals surface area contributed by atoms with Gasteiger partial charge in [0.05, 0.1) is 23.6 Å². The van der Waals surface area contributed by atoms with E-state index < -0.39 is 0 Å². The van der Waals surface area contributed by atoms with Gasteiger partial charge in [0.15, 0.2) is 5.78 Å². The third kappa shape index (κ3) is 3.03. The summed E-state index contributed by atoms with van der Waals surface area (Å²) in [5, 5.41) is 2.85. The van der Waals surface area contributed by atoms with Crippen LogP contribution < -0.4 is 5.32 Å². The van der Waals surface area contributed by atoms with Crippen LogP contribution in [-0.4, -0.2) is 26.2 Å². The number of benzene rings is 1. The lowest BCUT2D eigenvalue weighted by Gasteiger charge is -2.15. The van der Waals surface area contributed by atoms with Gasteiger partial charge in [0.25, 0.3) is 5.91 Å². The van der Waals surface area contributed by atoms with E-state index in [0.29, 0.717) is 11.4 Å². The van der Waals surface area contributed by atoms with Gasteiger partial charge in [0.1, 0.15) is 5.82 Å². The number of Topliss-reactive ketones (excluding diaryl/α,β-unsaturated/α-hetero) is 1. The van der Waals surface area contributed by atoms with E-state index in [1.54, 1.807) is 31.5 Å². The Labute approximate surface area is 139 Å². The minimum Gasteiger partial charge on any atom is -0.345 e. The van der Waals surface area contributed by atoms with Crippen molar-refractivity contribution in [2.45, 2.75) is 26.4 Å². The zero-order valence-corrected chi connectivity index (χ0v) is 13.6. The average Bonchev–Trinajstić information content (AvgIpc) is 2.97. The van der Waals surface area contributed by atoms with Crippen LogP contribution in [0.2, 0.25) is 0 Å². The fraction of sp³-hybridized carbons (Fsp3) is 0.222. The molecule has 1 atom stereocenters. The Bertz CT molecular complexity index is 886. The SMILES string of the molecule is CC(=O)C(C)n1c(CNC(=O)c2ccncc2)nc2ccccc21. The molecule has 1 aromatic carbocycles. The molecule has 0 bridgehead atoms. The molecule has 3 rings (SSSR count). The number of amides is 1. The normalized spacial score (nSPS) is 12.1. The van der Waals surface area contributed by atoms with Crippen LogP contribution >= 0.6 is 0 Å². The first-order valence-corrected chi connectivity index (χ1v) is 7.72. The first-order chi connectivity index (χ1) is 11.6. The molecular weight excluding hydrogens is 304 g/mol. The summed E-state index contributed by atoms with van der Waals surface area (Å²) in [6.45, 7) is 3.64. The number of hydrogen-bond acceptors (Lipinski definition) is 4. The Balaban J connectivity index is 1.90. The number of carbonyl (C=O) groups excluding carboxylic acids is 2. The van der Waals surface area contributed by atoms with Crippen molar-refractivity contribution >= 4 is 22.7 Å². The van der Waals surface area contributed by atoms with Crippen molar-refractivity contribution in [3.63, 3.8) is 0 Å². The van der Waals surface area contributed by atoms with E-state index in [4.69, 9.17) is 0 Å². The van der Waals surface area contributed by atoms with Crippen LogP contribution in [0.4, 0.5) is 0 Å². The summed E-state index contributed by atoms with van der Waals surface area (Å²) in [4.78, 5) is 32.5. The van der Waals surface area contributed by atoms with E-state index in [1.165, 1.54) is 0 Å². The number of rotatable bonds is 5. The first kappa shape index (κ1) is 15.9. The summed E-state index contributed by atoms with van der Waals surface area (Å²) in [6, 6.07) is 10.6. The molecule has 0 saturated heterocycles. The Morgan fingerprint density at radius 1 is 1.17 bits per heavy atom. The third-order valence-electron chi connectivity index (χ3n) is 3.99. The lowest BCUT2D eigenvalue weighted by atomic mass is 10.2. The van der Waals surface area contributed by atoms with Crippen molar-refractivity contribution in [2.75, 3.05) is 0 Å². The second-order valence-corrected chi connectivity index (χ2v) is 5.59. The lowest BCUT2D eigenvalue weighted by Crippen LogP contribution is -2.26. The molecule has 3 aromatic rings. The van der Waals surface area contributed by atoms with Gasteiger partial charge in [0.2, 0.25) is 0 Å². The molecular formula is C18H18N4O2. The summed E-state index contributed by atoms with van der Waals surface area (Å²) in [6.07, 6.45) is 3.14. The molecule has 1 N–H and O–H groups in total. The molecule has 122 valence electrons. The van der Waals surface area contributed by atoms with E-state index in [2.05, 4.69) is 15.3 Å². The van der Waals surface area contributed by atoms with Gasteiger partial charge >= 0.3 is 0 Å². The summed E-state index contributed by atoms with van der Waals surface area (Å²) >= 11 is 0. The number of nitrogens with zero attached hydrogens (tertiary/aromatic N) is 3. The average molecular weight is 322 g/mol. The highest BCUT2D eigenvalue weighted by atomic mass is 16.1. The maximum absolute atomic E-state index is 12.2. The molecule has 2 aromatic heterocycles. The lowest BCUT2D eigenvalue weighted by molar-refractivity contribution is -0.119. The molecule has 6 nitrogen and oxygen atoms in total. The predicted octanol–water partition coefficient (Wildman–Crippen LogP) is 2.51. The topological polar surface area (TPSA) is 76.9 Å². The fourth-order valence-electron chi connectivity index (χ4n) is 2.60. The van der Waals surface area contributed by atoms with Crippen LogP contribution in [0.1, 0.15) is 36.1 Å². The van der Waals surface area contributed by atoms with Crippen molar-refractivity contribution in [3.05, 3.63) is 60.2 Å². The number of carbonyl (C=O) groups is 2. The zero-order valence-electron chi connectivity index (χ0n) is 13.6. The monoisotopic (exact) mass is 322 g/mol. The third-order valence-corrected chi connectivity index (χ3v) is 3.99. The van der Waals surface area contributed by atoms with E-state index >= 15 is 0 Å². The molecule has 2 heterocycles. The van der Waals surface area contributed by atoms with Crippen LogP contribution in [-0.2, 0) is 11.3 Å². The quantitative estimate of drug-likeness (QED) is 0.783. The highest BCUT2D eigenvalue weighted by molar-refractivity contribution is 5.94. The van der Waals surface area contributed by atoms with Crippen LogP contribution in [0, 0.1) is 0 Å². The number of hydrogen-bond donors (Lipinski definition) is 1. The minimum atomic E-state index is -0.342. The van der Waals surface area contributed by atoms with Gasteiger partial charge in [-0.15, -0.1) is 0 Å². The summed E-state index contributed by atoms with van der Waals surface area (Å²) < 4.78 is 1.88. The highest BCUT2D eigenvalue weighted by Crippen LogP contribution is 2.21. The molecule has 0 aliphatic rings. The minimum absolute atomic E-state index is 0.0415. The fourth-order valence-corrected chi connectivity index (χ4v) is 2.60. The Hall–Kier alpha value is -3.02. The van der Waals surface area contributed by atoms with Crippen molar-refractivity contribution in [1.82, 2.24) is 19.9 Å². The van der Waals surface area contributed by atoms with Crippen LogP contribution in [0.3, 0.4) is 0 Å². The molecule has 0 radical (unpaired) electrons. The summed E-state index contributed by atoms with van der Waals surface area (Å²) in [5.74, 6) is 0.493. The molecule has 6 heteroatoms. The maximum Gasteiger partial charge on any atom is 0.251 e. The van der Waals surface area contributed by atoms with Gasteiger partial charge in [-0.25, -0.2) is 4.98 Å². The summed E-state index contributed by atoms with van der Waals surface area (Å²) in [7, 11) is 0. The number of aromatic nitrogens is 3. The molecule has 0 aliphatic heterocycles. The Kier molecular flexibility index (Phi) is 4.37. The van der Waals surface area contributed by atoms with Crippen LogP contribution in [0.25, 0.3) is 11.0 Å². The van der Waals surface area contributed by atoms with E-state index in [1.807, 2.05) is 35.8 Å². The highest BCUT2D eigenvalue weighted by Gasteiger charge is 2.19. The van der Waals surface area contributed by atoms with Crippen LogP contribution in [0.15, 0.2) is 48.8 Å². The molecule has 0 fully saturated rings. The van der Waals surface area contributed by atoms with Crippen LogP contribution in [0.5, 0.6) is 0 Å². The van der Waals surface area contributed by atoms with Gasteiger partial charge in [-0.2, -0.15) is 0 Å². The largest absolute Gasteiger partial charge is 0.345 e. The number of ketones is 1. The van der Waals surface area contributed by atoms with Crippen molar-refractivity contribution in [1.29, 1.82) is 0 Å². The molecule has 1 amide bonds. The van der Waals surface area contributed by atoms with Crippen molar-refractivity contribution in [3.8, 4) is 0 Å². The number of fused-ring (bicyclic) bond motifs is 1. The van der Waals surface area contributed by atoms with Gasteiger partial charge < -0.3 is 9.88 Å². The number of pyridine rings is 1. The Morgan fingerprint density at radius 2 is 1.88 bits per heavy atom. The van der Waals surface area contributed by atoms with Crippen molar-refractivity contribution < 1.29 is 9.59 Å². The second-order valence-electron chi connectivity index (χ2n) is 5.59. The second kappa shape index (κ2) is 6.62. The molecule has 24 heavy (non-hydrogen) atoms. The first-order valence-electron chi connectivity index (χ1n) is 7.72. The molecule has 0 saturated carbocycles. The van der Waals surface area contributed by atoms with Gasteiger partial charge in [-0.05, 0) is 38.1 Å². The van der Waals surface area contributed by atoms with E-state index in [-0.39, 0.29) is 24.3 Å². The Morgan fingerprint density at radius 3 is 2.58 bits per heavy atom. The zero-order chi connectivity index (χ0) is 17.1. The van der Waals surface area contributed by atoms with Crippen molar-refractivity contribution in [2.24, 2.45) is 0 Å². The number of para-hydroxylation sites is 2. The number of imidazole rings is 1. The molecule has 1 unspecified atom stereocenters. The maximum atomic E-state index is 12.2. The standard InChI is InChI=1S/C18H18N4O2/c1-12(13(2)23)22-16-6-4-3-5-15(16)21-17(22)11-20-18(24)14-7-9-19-10-8-14/h3-10,12H,11H2,1-2H3,(H,20,24). The van der Waals surface area contributed by atoms with E-state index in [0.717, 1.165) is 11.0 Å². The van der Waals surface area contributed by atoms with E-state index in [9.17, 15) is 9.59 Å². The van der Waals surface area contributed by atoms with Gasteiger partial charge in [-0.1, -0.05) is 12.1 Å². The predicted molar refractivity (Wildman–Crippen MR) is 90.5 cm³/mol. The van der Waals surface area contributed by atoms with Gasteiger partial charge in [0, 0.05) is 18.0 Å².